The van der Waals surface area contributed by atoms with E-state index in [1.165, 1.54) is 0 Å². The first-order chi connectivity index (χ1) is 10.3. The highest BCUT2D eigenvalue weighted by Gasteiger charge is 2.25. The van der Waals surface area contributed by atoms with E-state index in [0.717, 1.165) is 12.8 Å². The van der Waals surface area contributed by atoms with E-state index in [1.54, 1.807) is 21.0 Å². The molecule has 0 aromatic carbocycles. The van der Waals surface area contributed by atoms with E-state index in [2.05, 4.69) is 41.1 Å². The summed E-state index contributed by atoms with van der Waals surface area (Å²) in [5, 5.41) is 6.41. The maximum atomic E-state index is 11.4. The molecular weight excluding hydrogens is 443 g/mol. The van der Waals surface area contributed by atoms with Gasteiger partial charge in [0.2, 0.25) is 10.0 Å². The average molecular weight is 478 g/mol. The molecule has 0 saturated carbocycles. The predicted octanol–water partition coefficient (Wildman–Crippen LogP) is 1.55. The number of nitrogens with one attached hydrogen (secondary N) is 3. The molecule has 7 nitrogen and oxygen atoms in total. The van der Waals surface area contributed by atoms with Gasteiger partial charge in [0, 0.05) is 25.7 Å². The second kappa shape index (κ2) is 10.8. The fraction of sp³-hybridized carbons (Fsp3) is 0.933. The smallest absolute Gasteiger partial charge is 0.209 e. The Labute approximate surface area is 164 Å². The molecule has 0 heterocycles. The normalized spacial score (nSPS) is 14.8. The number of halogens is 1. The fourth-order valence-corrected chi connectivity index (χ4v) is 3.15. The Morgan fingerprint density at radius 2 is 1.71 bits per heavy atom. The van der Waals surface area contributed by atoms with Crippen LogP contribution in [0.15, 0.2) is 4.99 Å². The zero-order valence-electron chi connectivity index (χ0n) is 16.2. The van der Waals surface area contributed by atoms with E-state index in [4.69, 9.17) is 4.74 Å². The first-order valence-electron chi connectivity index (χ1n) is 7.84. The standard InChI is InChI=1S/C15H34N4O3S.HI/c1-9-16-13(17-10-12(22-7)14(2,3)4)18-11-15(5,6)19-23(8,20)21;/h12,19H,9-11H2,1-8H3,(H2,16,17,18);1H. The third kappa shape index (κ3) is 12.3. The van der Waals surface area contributed by atoms with Gasteiger partial charge in [0.25, 0.3) is 0 Å². The van der Waals surface area contributed by atoms with Crippen LogP contribution in [0.3, 0.4) is 0 Å². The topological polar surface area (TPSA) is 91.8 Å². The molecule has 0 bridgehead atoms. The van der Waals surface area contributed by atoms with Gasteiger partial charge in [0.1, 0.15) is 0 Å². The van der Waals surface area contributed by atoms with Crippen molar-refractivity contribution in [3.05, 3.63) is 0 Å². The Kier molecular flexibility index (Phi) is 11.7. The average Bonchev–Trinajstić information content (AvgIpc) is 2.32. The van der Waals surface area contributed by atoms with Gasteiger partial charge < -0.3 is 15.4 Å². The summed E-state index contributed by atoms with van der Waals surface area (Å²) in [6.45, 7) is 13.6. The van der Waals surface area contributed by atoms with Crippen molar-refractivity contribution in [1.29, 1.82) is 0 Å². The van der Waals surface area contributed by atoms with Gasteiger partial charge in [-0.05, 0) is 26.2 Å². The lowest BCUT2D eigenvalue weighted by Crippen LogP contribution is -2.48. The summed E-state index contributed by atoms with van der Waals surface area (Å²) in [6.07, 6.45) is 1.18. The van der Waals surface area contributed by atoms with Gasteiger partial charge in [-0.2, -0.15) is 0 Å². The van der Waals surface area contributed by atoms with Crippen LogP contribution in [0, 0.1) is 5.41 Å². The summed E-state index contributed by atoms with van der Waals surface area (Å²) in [7, 11) is -1.58. The van der Waals surface area contributed by atoms with Gasteiger partial charge in [-0.25, -0.2) is 13.1 Å². The maximum absolute atomic E-state index is 11.4. The highest BCUT2D eigenvalue weighted by molar-refractivity contribution is 14.0. The van der Waals surface area contributed by atoms with Crippen LogP contribution in [-0.2, 0) is 14.8 Å². The minimum absolute atomic E-state index is 0. The minimum atomic E-state index is -3.27. The van der Waals surface area contributed by atoms with Crippen LogP contribution in [0.25, 0.3) is 0 Å². The first-order valence-corrected chi connectivity index (χ1v) is 9.74. The van der Waals surface area contributed by atoms with E-state index in [-0.39, 0.29) is 35.5 Å². The molecule has 146 valence electrons. The van der Waals surface area contributed by atoms with E-state index in [9.17, 15) is 8.42 Å². The molecule has 0 fully saturated rings. The molecule has 0 aliphatic heterocycles. The van der Waals surface area contributed by atoms with Crippen molar-refractivity contribution in [3.8, 4) is 0 Å². The summed E-state index contributed by atoms with van der Waals surface area (Å²) in [5.74, 6) is 0.641. The number of ether oxygens (including phenoxy) is 1. The van der Waals surface area contributed by atoms with E-state index < -0.39 is 15.6 Å². The van der Waals surface area contributed by atoms with Crippen molar-refractivity contribution in [2.45, 2.75) is 53.2 Å². The molecule has 0 radical (unpaired) electrons. The fourth-order valence-electron chi connectivity index (χ4n) is 2.09. The maximum Gasteiger partial charge on any atom is 0.209 e. The second-order valence-electron chi connectivity index (χ2n) is 7.42. The number of methoxy groups -OCH3 is 1. The molecule has 0 rings (SSSR count). The lowest BCUT2D eigenvalue weighted by molar-refractivity contribution is 0.0205. The molecule has 0 aliphatic carbocycles. The van der Waals surface area contributed by atoms with Crippen molar-refractivity contribution in [2.24, 2.45) is 10.4 Å². The van der Waals surface area contributed by atoms with Gasteiger partial charge >= 0.3 is 0 Å². The third-order valence-electron chi connectivity index (χ3n) is 3.14. The number of guanidine groups is 1. The van der Waals surface area contributed by atoms with Crippen LogP contribution in [0.5, 0.6) is 0 Å². The molecule has 1 unspecified atom stereocenters. The summed E-state index contributed by atoms with van der Waals surface area (Å²) in [5.41, 5.74) is -0.642. The summed E-state index contributed by atoms with van der Waals surface area (Å²) < 4.78 is 30.8. The van der Waals surface area contributed by atoms with Gasteiger partial charge in [0.15, 0.2) is 5.96 Å². The Hall–Kier alpha value is -0.130. The van der Waals surface area contributed by atoms with Crippen molar-refractivity contribution in [2.75, 3.05) is 33.0 Å². The highest BCUT2D eigenvalue weighted by Crippen LogP contribution is 2.20. The van der Waals surface area contributed by atoms with Gasteiger partial charge in [0.05, 0.1) is 18.9 Å². The molecule has 0 amide bonds. The molecule has 0 spiro atoms. The van der Waals surface area contributed by atoms with E-state index >= 15 is 0 Å². The molecule has 0 aromatic heterocycles. The van der Waals surface area contributed by atoms with Crippen LogP contribution in [0.2, 0.25) is 0 Å². The van der Waals surface area contributed by atoms with Crippen molar-refractivity contribution in [1.82, 2.24) is 15.4 Å². The van der Waals surface area contributed by atoms with Crippen molar-refractivity contribution >= 4 is 40.0 Å². The molecule has 0 aromatic rings. The van der Waals surface area contributed by atoms with Crippen LogP contribution < -0.4 is 15.4 Å². The monoisotopic (exact) mass is 478 g/mol. The molecule has 3 N–H and O–H groups in total. The predicted molar refractivity (Wildman–Crippen MR) is 112 cm³/mol. The number of sulfonamides is 1. The van der Waals surface area contributed by atoms with E-state index in [1.807, 2.05) is 6.92 Å². The third-order valence-corrected chi connectivity index (χ3v) is 4.07. The van der Waals surface area contributed by atoms with Crippen molar-refractivity contribution in [3.63, 3.8) is 0 Å². The molecule has 24 heavy (non-hydrogen) atoms. The SMILES string of the molecule is CCNC(=NCC(C)(C)NS(C)(=O)=O)NCC(OC)C(C)(C)C.I. The Bertz CT molecular complexity index is 487. The summed E-state index contributed by atoms with van der Waals surface area (Å²) in [4.78, 5) is 4.47. The molecular formula is C15H35IN4O3S. The van der Waals surface area contributed by atoms with Crippen molar-refractivity contribution < 1.29 is 13.2 Å². The molecule has 1 atom stereocenters. The van der Waals surface area contributed by atoms with Gasteiger partial charge in [-0.15, -0.1) is 24.0 Å². The van der Waals surface area contributed by atoms with Crippen LogP contribution in [0.4, 0.5) is 0 Å². The number of hydrogen-bond donors (Lipinski definition) is 3. The summed E-state index contributed by atoms with van der Waals surface area (Å²) in [6, 6.07) is 0. The first kappa shape index (κ1) is 26.1. The largest absolute Gasteiger partial charge is 0.379 e. The highest BCUT2D eigenvalue weighted by atomic mass is 127. The molecule has 0 aliphatic rings. The number of nitrogens with zero attached hydrogens (tertiary/aromatic N) is 1. The Morgan fingerprint density at radius 1 is 1.17 bits per heavy atom. The molecule has 9 heteroatoms. The Morgan fingerprint density at radius 3 is 2.08 bits per heavy atom. The Balaban J connectivity index is 0. The van der Waals surface area contributed by atoms with Crippen LogP contribution >= 0.6 is 24.0 Å². The summed E-state index contributed by atoms with van der Waals surface area (Å²) >= 11 is 0. The second-order valence-corrected chi connectivity index (χ2v) is 9.17. The van der Waals surface area contributed by atoms with E-state index in [0.29, 0.717) is 19.0 Å². The minimum Gasteiger partial charge on any atom is -0.379 e. The lowest BCUT2D eigenvalue weighted by Gasteiger charge is -2.30. The van der Waals surface area contributed by atoms with Gasteiger partial charge in [-0.1, -0.05) is 20.8 Å². The molecule has 0 saturated heterocycles. The zero-order valence-corrected chi connectivity index (χ0v) is 19.3. The van der Waals surface area contributed by atoms with Crippen LogP contribution in [-0.4, -0.2) is 59.0 Å². The van der Waals surface area contributed by atoms with Gasteiger partial charge in [-0.3, -0.25) is 4.99 Å². The number of hydrogen-bond acceptors (Lipinski definition) is 4. The quantitative estimate of drug-likeness (QED) is 0.280. The van der Waals surface area contributed by atoms with Crippen LogP contribution in [0.1, 0.15) is 41.5 Å². The zero-order chi connectivity index (χ0) is 18.3. The number of aliphatic imine (C=N–C) groups is 1. The number of rotatable bonds is 8. The lowest BCUT2D eigenvalue weighted by atomic mass is 9.89.